The number of amides is 1. The lowest BCUT2D eigenvalue weighted by atomic mass is 9.96. The summed E-state index contributed by atoms with van der Waals surface area (Å²) in [6.45, 7) is 5.61. The number of carboxylic acids is 1. The van der Waals surface area contributed by atoms with Crippen LogP contribution < -0.4 is 0 Å². The van der Waals surface area contributed by atoms with E-state index in [1.807, 2.05) is 13.8 Å². The number of aliphatic carboxylic acids is 1. The minimum absolute atomic E-state index is 0.0261. The molecule has 0 spiro atoms. The second-order valence-corrected chi connectivity index (χ2v) is 4.24. The fourth-order valence-electron chi connectivity index (χ4n) is 1.73. The SMILES string of the molecule is CCCC(CCC)C(=O)N(C)C(C)C(=O)O. The molecule has 0 rings (SSSR count). The molecule has 0 heterocycles. The van der Waals surface area contributed by atoms with Crippen molar-refractivity contribution < 1.29 is 14.7 Å². The molecule has 0 saturated carbocycles. The van der Waals surface area contributed by atoms with Gasteiger partial charge in [0.1, 0.15) is 6.04 Å². The van der Waals surface area contributed by atoms with E-state index in [4.69, 9.17) is 5.11 Å². The number of carbonyl (C=O) groups is 2. The molecule has 4 heteroatoms. The molecule has 1 amide bonds. The summed E-state index contributed by atoms with van der Waals surface area (Å²) in [5.74, 6) is -1.03. The molecule has 1 N–H and O–H groups in total. The lowest BCUT2D eigenvalue weighted by Gasteiger charge is -2.26. The summed E-state index contributed by atoms with van der Waals surface area (Å²) in [5, 5.41) is 8.85. The van der Waals surface area contributed by atoms with Crippen molar-refractivity contribution in [3.63, 3.8) is 0 Å². The number of carboxylic acid groups (broad SMARTS) is 1. The zero-order valence-corrected chi connectivity index (χ0v) is 10.7. The maximum absolute atomic E-state index is 12.0. The number of rotatable bonds is 7. The number of likely N-dealkylation sites (N-methyl/N-ethyl adjacent to an activating group) is 1. The van der Waals surface area contributed by atoms with Crippen molar-refractivity contribution in [2.45, 2.75) is 52.5 Å². The molecule has 0 aliphatic heterocycles. The normalized spacial score (nSPS) is 12.6. The molecule has 0 aromatic carbocycles. The lowest BCUT2D eigenvalue weighted by molar-refractivity contribution is -0.150. The maximum atomic E-state index is 12.0. The quantitative estimate of drug-likeness (QED) is 0.727. The van der Waals surface area contributed by atoms with E-state index in [-0.39, 0.29) is 11.8 Å². The third-order valence-electron chi connectivity index (χ3n) is 2.91. The first-order valence-corrected chi connectivity index (χ1v) is 5.95. The summed E-state index contributed by atoms with van der Waals surface area (Å²) in [7, 11) is 1.57. The van der Waals surface area contributed by atoms with E-state index in [1.165, 1.54) is 11.8 Å². The zero-order valence-electron chi connectivity index (χ0n) is 10.7. The van der Waals surface area contributed by atoms with Crippen LogP contribution in [0.4, 0.5) is 0 Å². The molecular weight excluding hydrogens is 206 g/mol. The number of carbonyl (C=O) groups excluding carboxylic acids is 1. The number of hydrogen-bond donors (Lipinski definition) is 1. The fraction of sp³-hybridized carbons (Fsp3) is 0.833. The molecule has 0 fully saturated rings. The Hall–Kier alpha value is -1.06. The van der Waals surface area contributed by atoms with Crippen molar-refractivity contribution in [2.75, 3.05) is 7.05 Å². The summed E-state index contributed by atoms with van der Waals surface area (Å²) >= 11 is 0. The fourth-order valence-corrected chi connectivity index (χ4v) is 1.73. The molecule has 0 saturated heterocycles. The molecule has 4 nitrogen and oxygen atoms in total. The summed E-state index contributed by atoms with van der Waals surface area (Å²) in [4.78, 5) is 24.2. The van der Waals surface area contributed by atoms with Crippen molar-refractivity contribution in [3.8, 4) is 0 Å². The Morgan fingerprint density at radius 2 is 1.62 bits per heavy atom. The van der Waals surface area contributed by atoms with Crippen LogP contribution in [-0.4, -0.2) is 35.0 Å². The van der Waals surface area contributed by atoms with Crippen molar-refractivity contribution in [1.29, 1.82) is 0 Å². The van der Waals surface area contributed by atoms with Crippen molar-refractivity contribution in [3.05, 3.63) is 0 Å². The first kappa shape index (κ1) is 14.9. The molecular formula is C12H23NO3. The lowest BCUT2D eigenvalue weighted by Crippen LogP contribution is -2.43. The second kappa shape index (κ2) is 7.25. The minimum atomic E-state index is -0.956. The Kier molecular flexibility index (Phi) is 6.77. The van der Waals surface area contributed by atoms with Crippen LogP contribution in [0.3, 0.4) is 0 Å². The molecule has 0 radical (unpaired) electrons. The van der Waals surface area contributed by atoms with Crippen LogP contribution in [0, 0.1) is 5.92 Å². The molecule has 1 atom stereocenters. The molecule has 0 aromatic rings. The zero-order chi connectivity index (χ0) is 12.7. The van der Waals surface area contributed by atoms with E-state index in [0.717, 1.165) is 25.7 Å². The van der Waals surface area contributed by atoms with E-state index in [2.05, 4.69) is 0 Å². The highest BCUT2D eigenvalue weighted by atomic mass is 16.4. The van der Waals surface area contributed by atoms with E-state index < -0.39 is 12.0 Å². The summed E-state index contributed by atoms with van der Waals surface area (Å²) in [6.07, 6.45) is 3.57. The Morgan fingerprint density at radius 1 is 1.19 bits per heavy atom. The van der Waals surface area contributed by atoms with Gasteiger partial charge in [0.2, 0.25) is 5.91 Å². The highest BCUT2D eigenvalue weighted by Gasteiger charge is 2.26. The first-order valence-electron chi connectivity index (χ1n) is 5.95. The van der Waals surface area contributed by atoms with Gasteiger partial charge in [-0.25, -0.2) is 4.79 Å². The Bertz CT molecular complexity index is 234. The molecule has 94 valence electrons. The van der Waals surface area contributed by atoms with Gasteiger partial charge in [-0.3, -0.25) is 4.79 Å². The maximum Gasteiger partial charge on any atom is 0.326 e. The topological polar surface area (TPSA) is 57.6 Å². The Labute approximate surface area is 97.6 Å². The van der Waals surface area contributed by atoms with Crippen LogP contribution >= 0.6 is 0 Å². The van der Waals surface area contributed by atoms with Crippen LogP contribution in [0.2, 0.25) is 0 Å². The molecule has 1 unspecified atom stereocenters. The van der Waals surface area contributed by atoms with Gasteiger partial charge in [-0.05, 0) is 19.8 Å². The van der Waals surface area contributed by atoms with Crippen LogP contribution in [0.15, 0.2) is 0 Å². The van der Waals surface area contributed by atoms with Gasteiger partial charge in [0.25, 0.3) is 0 Å². The van der Waals surface area contributed by atoms with Crippen LogP contribution in [0.1, 0.15) is 46.5 Å². The molecule has 0 aromatic heterocycles. The van der Waals surface area contributed by atoms with Crippen LogP contribution in [0.25, 0.3) is 0 Å². The van der Waals surface area contributed by atoms with Crippen molar-refractivity contribution >= 4 is 11.9 Å². The molecule has 0 bridgehead atoms. The third kappa shape index (κ3) is 4.21. The standard InChI is InChI=1S/C12H23NO3/c1-5-7-10(8-6-2)11(14)13(4)9(3)12(15)16/h9-10H,5-8H2,1-4H3,(H,15,16). The predicted octanol–water partition coefficient (Wildman–Crippen LogP) is 2.13. The average molecular weight is 229 g/mol. The summed E-state index contributed by atoms with van der Waals surface area (Å²) in [6, 6.07) is -0.747. The van der Waals surface area contributed by atoms with Crippen molar-refractivity contribution in [1.82, 2.24) is 4.90 Å². The molecule has 16 heavy (non-hydrogen) atoms. The smallest absolute Gasteiger partial charge is 0.326 e. The second-order valence-electron chi connectivity index (χ2n) is 4.24. The largest absolute Gasteiger partial charge is 0.480 e. The van der Waals surface area contributed by atoms with E-state index >= 15 is 0 Å². The summed E-state index contributed by atoms with van der Waals surface area (Å²) < 4.78 is 0. The Morgan fingerprint density at radius 3 is 1.94 bits per heavy atom. The minimum Gasteiger partial charge on any atom is -0.480 e. The van der Waals surface area contributed by atoms with Gasteiger partial charge in [-0.2, -0.15) is 0 Å². The van der Waals surface area contributed by atoms with Crippen LogP contribution in [0.5, 0.6) is 0 Å². The van der Waals surface area contributed by atoms with Gasteiger partial charge in [0, 0.05) is 13.0 Å². The highest BCUT2D eigenvalue weighted by Crippen LogP contribution is 2.17. The van der Waals surface area contributed by atoms with Gasteiger partial charge < -0.3 is 10.0 Å². The van der Waals surface area contributed by atoms with Crippen molar-refractivity contribution in [2.24, 2.45) is 5.92 Å². The van der Waals surface area contributed by atoms with Gasteiger partial charge in [0.05, 0.1) is 0 Å². The van der Waals surface area contributed by atoms with E-state index in [0.29, 0.717) is 0 Å². The van der Waals surface area contributed by atoms with E-state index in [1.54, 1.807) is 7.05 Å². The van der Waals surface area contributed by atoms with Gasteiger partial charge in [0.15, 0.2) is 0 Å². The third-order valence-corrected chi connectivity index (χ3v) is 2.91. The number of hydrogen-bond acceptors (Lipinski definition) is 2. The first-order chi connectivity index (χ1) is 7.45. The summed E-state index contributed by atoms with van der Waals surface area (Å²) in [5.41, 5.74) is 0. The van der Waals surface area contributed by atoms with Gasteiger partial charge in [-0.15, -0.1) is 0 Å². The van der Waals surface area contributed by atoms with Gasteiger partial charge >= 0.3 is 5.97 Å². The Balaban J connectivity index is 4.52. The monoisotopic (exact) mass is 229 g/mol. The predicted molar refractivity (Wildman–Crippen MR) is 63.2 cm³/mol. The highest BCUT2D eigenvalue weighted by molar-refractivity contribution is 5.84. The molecule has 0 aliphatic rings. The average Bonchev–Trinajstić information content (AvgIpc) is 2.25. The van der Waals surface area contributed by atoms with Gasteiger partial charge in [-0.1, -0.05) is 26.7 Å². The molecule has 0 aliphatic carbocycles. The van der Waals surface area contributed by atoms with Crippen LogP contribution in [-0.2, 0) is 9.59 Å². The number of nitrogens with zero attached hydrogens (tertiary/aromatic N) is 1. The van der Waals surface area contributed by atoms with E-state index in [9.17, 15) is 9.59 Å².